The van der Waals surface area contributed by atoms with Crippen molar-refractivity contribution in [1.29, 1.82) is 0 Å². The van der Waals surface area contributed by atoms with E-state index >= 15 is 0 Å². The van der Waals surface area contributed by atoms with Crippen LogP contribution >= 0.6 is 0 Å². The third-order valence-corrected chi connectivity index (χ3v) is 5.13. The first-order valence-electron chi connectivity index (χ1n) is 11.7. The average molecular weight is 463 g/mol. The lowest BCUT2D eigenvalue weighted by molar-refractivity contribution is -0.116. The molecule has 0 fully saturated rings. The number of hydrogen-bond acceptors (Lipinski definition) is 5. The van der Waals surface area contributed by atoms with Crippen molar-refractivity contribution in [3.05, 3.63) is 65.9 Å². The van der Waals surface area contributed by atoms with Crippen LogP contribution in [0, 0.1) is 0 Å². The highest BCUT2D eigenvalue weighted by atomic mass is 16.6. The Morgan fingerprint density at radius 1 is 0.971 bits per heavy atom. The maximum absolute atomic E-state index is 12.4. The first kappa shape index (κ1) is 25.0. The third kappa shape index (κ3) is 7.47. The fraction of sp³-hybridized carbons (Fsp3) is 0.370. The molecule has 0 saturated carbocycles. The van der Waals surface area contributed by atoms with Gasteiger partial charge in [0.15, 0.2) is 0 Å². The molecule has 1 aromatic heterocycles. The number of unbranched alkanes of at least 4 members (excludes halogenated alkanes) is 1. The summed E-state index contributed by atoms with van der Waals surface area (Å²) >= 11 is 0. The molecule has 0 aliphatic rings. The fourth-order valence-corrected chi connectivity index (χ4v) is 3.43. The molecule has 2 amide bonds. The van der Waals surface area contributed by atoms with Gasteiger partial charge in [-0.3, -0.25) is 9.78 Å². The zero-order chi connectivity index (χ0) is 24.6. The number of para-hydroxylation sites is 1. The lowest BCUT2D eigenvalue weighted by Crippen LogP contribution is -2.32. The Morgan fingerprint density at radius 2 is 1.65 bits per heavy atom. The second-order valence-corrected chi connectivity index (χ2v) is 9.24. The molecule has 3 aromatic rings. The van der Waals surface area contributed by atoms with Gasteiger partial charge in [-0.2, -0.15) is 0 Å². The predicted octanol–water partition coefficient (Wildman–Crippen LogP) is 6.00. The van der Waals surface area contributed by atoms with Gasteiger partial charge in [-0.25, -0.2) is 4.79 Å². The fourth-order valence-electron chi connectivity index (χ4n) is 3.43. The van der Waals surface area contributed by atoms with Gasteiger partial charge in [-0.15, -0.1) is 0 Å². The molecule has 0 saturated heterocycles. The predicted molar refractivity (Wildman–Crippen MR) is 137 cm³/mol. The summed E-state index contributed by atoms with van der Waals surface area (Å²) in [4.78, 5) is 28.7. The molecular formula is C27H34N4O3. The summed E-state index contributed by atoms with van der Waals surface area (Å²) in [6, 6.07) is 15.9. The molecule has 0 aliphatic heterocycles. The zero-order valence-corrected chi connectivity index (χ0v) is 20.4. The van der Waals surface area contributed by atoms with E-state index in [1.54, 1.807) is 6.20 Å². The average Bonchev–Trinajstić information content (AvgIpc) is 2.80. The van der Waals surface area contributed by atoms with Crippen LogP contribution in [0.5, 0.6) is 0 Å². The number of aromatic nitrogens is 1. The number of carbonyl (C=O) groups excluding carboxylic acids is 2. The van der Waals surface area contributed by atoms with Crippen LogP contribution in [-0.2, 0) is 22.6 Å². The van der Waals surface area contributed by atoms with Gasteiger partial charge in [0.05, 0.1) is 23.1 Å². The molecule has 1 heterocycles. The van der Waals surface area contributed by atoms with E-state index in [2.05, 4.69) is 27.9 Å². The molecule has 3 rings (SSSR count). The number of carbonyl (C=O) groups is 2. The molecule has 7 nitrogen and oxygen atoms in total. The Labute approximate surface area is 201 Å². The van der Waals surface area contributed by atoms with Gasteiger partial charge in [0.2, 0.25) is 5.91 Å². The highest BCUT2D eigenvalue weighted by Gasteiger charge is 2.16. The minimum atomic E-state index is -0.523. The first-order chi connectivity index (χ1) is 16.2. The van der Waals surface area contributed by atoms with E-state index in [-0.39, 0.29) is 5.91 Å². The molecule has 0 bridgehead atoms. The van der Waals surface area contributed by atoms with Gasteiger partial charge in [-0.05, 0) is 44.4 Å². The minimum absolute atomic E-state index is 0.0104. The van der Waals surface area contributed by atoms with E-state index in [1.165, 1.54) is 0 Å². The van der Waals surface area contributed by atoms with Crippen LogP contribution in [0.25, 0.3) is 10.9 Å². The Morgan fingerprint density at radius 3 is 2.32 bits per heavy atom. The number of pyridine rings is 1. The summed E-state index contributed by atoms with van der Waals surface area (Å²) in [7, 11) is 0. The lowest BCUT2D eigenvalue weighted by atomic mass is 10.1. The van der Waals surface area contributed by atoms with Gasteiger partial charge in [0.25, 0.3) is 0 Å². The van der Waals surface area contributed by atoms with Crippen LogP contribution in [0.4, 0.5) is 16.2 Å². The number of nitrogens with zero attached hydrogens (tertiary/aromatic N) is 1. The highest BCUT2D eigenvalue weighted by Crippen LogP contribution is 2.30. The molecular weight excluding hydrogens is 428 g/mol. The number of nitrogens with one attached hydrogen (secondary N) is 3. The Bertz CT molecular complexity index is 1120. The van der Waals surface area contributed by atoms with Crippen molar-refractivity contribution >= 4 is 34.3 Å². The number of rotatable bonds is 9. The van der Waals surface area contributed by atoms with Crippen LogP contribution in [-0.4, -0.2) is 22.6 Å². The Kier molecular flexibility index (Phi) is 8.46. The van der Waals surface area contributed by atoms with E-state index in [9.17, 15) is 9.59 Å². The summed E-state index contributed by atoms with van der Waals surface area (Å²) in [6.45, 7) is 8.54. The summed E-state index contributed by atoms with van der Waals surface area (Å²) in [6.07, 6.45) is 3.58. The largest absolute Gasteiger partial charge is 0.444 e. The SMILES string of the molecule is CCCCC(=O)Nc1cnc2ccccc2c1NCc1ccc(CNC(=O)OC(C)(C)C)cc1. The maximum atomic E-state index is 12.4. The van der Waals surface area contributed by atoms with Crippen molar-refractivity contribution < 1.29 is 14.3 Å². The van der Waals surface area contributed by atoms with Crippen molar-refractivity contribution in [1.82, 2.24) is 10.3 Å². The molecule has 0 aliphatic carbocycles. The number of anilines is 2. The van der Waals surface area contributed by atoms with E-state index < -0.39 is 11.7 Å². The van der Waals surface area contributed by atoms with Crippen molar-refractivity contribution in [2.75, 3.05) is 10.6 Å². The molecule has 180 valence electrons. The standard InChI is InChI=1S/C27H34N4O3/c1-5-6-11-24(32)31-23-18-28-22-10-8-7-9-21(22)25(23)29-16-19-12-14-20(15-13-19)17-30-26(33)34-27(2,3)4/h7-10,12-15,18H,5-6,11,16-17H2,1-4H3,(H,28,29)(H,30,33)(H,31,32). The van der Waals surface area contributed by atoms with Crippen LogP contribution in [0.1, 0.15) is 58.1 Å². The molecule has 2 aromatic carbocycles. The van der Waals surface area contributed by atoms with Gasteiger partial charge >= 0.3 is 6.09 Å². The number of fused-ring (bicyclic) bond motifs is 1. The Hall–Kier alpha value is -3.61. The highest BCUT2D eigenvalue weighted by molar-refractivity contribution is 6.02. The van der Waals surface area contributed by atoms with Gasteiger partial charge < -0.3 is 20.7 Å². The number of alkyl carbamates (subject to hydrolysis) is 1. The van der Waals surface area contributed by atoms with E-state index in [0.717, 1.165) is 40.6 Å². The third-order valence-electron chi connectivity index (χ3n) is 5.13. The zero-order valence-electron chi connectivity index (χ0n) is 20.4. The van der Waals surface area contributed by atoms with E-state index in [1.807, 2.05) is 69.3 Å². The number of benzene rings is 2. The van der Waals surface area contributed by atoms with Crippen LogP contribution in [0.15, 0.2) is 54.7 Å². The van der Waals surface area contributed by atoms with Gasteiger partial charge in [0, 0.05) is 24.9 Å². The number of amides is 2. The second kappa shape index (κ2) is 11.5. The van der Waals surface area contributed by atoms with E-state index in [4.69, 9.17) is 4.74 Å². The normalized spacial score (nSPS) is 11.2. The number of ether oxygens (including phenoxy) is 1. The lowest BCUT2D eigenvalue weighted by Gasteiger charge is -2.19. The van der Waals surface area contributed by atoms with Crippen molar-refractivity contribution in [2.45, 2.75) is 65.6 Å². The second-order valence-electron chi connectivity index (χ2n) is 9.24. The molecule has 7 heteroatoms. The smallest absolute Gasteiger partial charge is 0.407 e. The minimum Gasteiger partial charge on any atom is -0.444 e. The van der Waals surface area contributed by atoms with Crippen molar-refractivity contribution in [3.63, 3.8) is 0 Å². The van der Waals surface area contributed by atoms with Crippen LogP contribution < -0.4 is 16.0 Å². The monoisotopic (exact) mass is 462 g/mol. The van der Waals surface area contributed by atoms with Crippen molar-refractivity contribution in [3.8, 4) is 0 Å². The number of hydrogen-bond donors (Lipinski definition) is 3. The molecule has 3 N–H and O–H groups in total. The summed E-state index contributed by atoms with van der Waals surface area (Å²) < 4.78 is 5.27. The Balaban J connectivity index is 1.67. The molecule has 0 atom stereocenters. The molecule has 0 spiro atoms. The van der Waals surface area contributed by atoms with Gasteiger partial charge in [0.1, 0.15) is 5.60 Å². The molecule has 34 heavy (non-hydrogen) atoms. The molecule has 0 unspecified atom stereocenters. The topological polar surface area (TPSA) is 92.4 Å². The quantitative estimate of drug-likeness (QED) is 0.363. The van der Waals surface area contributed by atoms with Crippen LogP contribution in [0.3, 0.4) is 0 Å². The molecule has 0 radical (unpaired) electrons. The van der Waals surface area contributed by atoms with Crippen molar-refractivity contribution in [2.24, 2.45) is 0 Å². The van der Waals surface area contributed by atoms with Gasteiger partial charge in [-0.1, -0.05) is 55.8 Å². The summed E-state index contributed by atoms with van der Waals surface area (Å²) in [5, 5.41) is 10.2. The summed E-state index contributed by atoms with van der Waals surface area (Å²) in [5.41, 5.74) is 3.92. The maximum Gasteiger partial charge on any atom is 0.407 e. The van der Waals surface area contributed by atoms with Crippen LogP contribution in [0.2, 0.25) is 0 Å². The summed E-state index contributed by atoms with van der Waals surface area (Å²) in [5.74, 6) is -0.0104. The first-order valence-corrected chi connectivity index (χ1v) is 11.7. The van der Waals surface area contributed by atoms with E-state index in [0.29, 0.717) is 25.2 Å².